The van der Waals surface area contributed by atoms with Crippen molar-refractivity contribution in [2.24, 2.45) is 0 Å². The number of ether oxygens (including phenoxy) is 4. The first-order valence-corrected chi connectivity index (χ1v) is 5.17. The fraction of sp³-hybridized carbons (Fsp3) is 0.750. The molecule has 1 rings (SSSR count). The average molecular weight is 329 g/mol. The SMILES string of the molecule is O=C(OC1COC(OC(=O)C(F)(F)Cl)CO1)C(F)(F)F. The second kappa shape index (κ2) is 6.06. The Labute approximate surface area is 112 Å². The maximum Gasteiger partial charge on any atom is 0.491 e. The summed E-state index contributed by atoms with van der Waals surface area (Å²) in [6, 6.07) is 0. The predicted octanol–water partition coefficient (Wildman–Crippen LogP) is 1.17. The van der Waals surface area contributed by atoms with E-state index in [2.05, 4.69) is 30.5 Å². The third kappa shape index (κ3) is 5.06. The van der Waals surface area contributed by atoms with Gasteiger partial charge in [-0.1, -0.05) is 0 Å². The van der Waals surface area contributed by atoms with Crippen LogP contribution >= 0.6 is 11.6 Å². The normalized spacial score (nSPS) is 24.1. The van der Waals surface area contributed by atoms with E-state index in [1.165, 1.54) is 0 Å². The molecule has 0 aromatic heterocycles. The minimum Gasteiger partial charge on any atom is -0.428 e. The van der Waals surface area contributed by atoms with Crippen LogP contribution in [0.15, 0.2) is 0 Å². The van der Waals surface area contributed by atoms with Gasteiger partial charge in [0.1, 0.15) is 13.2 Å². The maximum absolute atomic E-state index is 12.3. The van der Waals surface area contributed by atoms with Crippen LogP contribution < -0.4 is 0 Å². The van der Waals surface area contributed by atoms with Crippen molar-refractivity contribution in [3.05, 3.63) is 0 Å². The first-order valence-electron chi connectivity index (χ1n) is 4.79. The molecule has 0 aliphatic carbocycles. The lowest BCUT2D eigenvalue weighted by Gasteiger charge is -2.28. The van der Waals surface area contributed by atoms with Crippen molar-refractivity contribution in [1.82, 2.24) is 0 Å². The van der Waals surface area contributed by atoms with Crippen molar-refractivity contribution < 1.29 is 50.5 Å². The molecule has 0 saturated carbocycles. The van der Waals surface area contributed by atoms with Gasteiger partial charge in [-0.3, -0.25) is 0 Å². The molecule has 1 aliphatic heterocycles. The van der Waals surface area contributed by atoms with Crippen LogP contribution in [0.2, 0.25) is 0 Å². The second-order valence-electron chi connectivity index (χ2n) is 3.33. The van der Waals surface area contributed by atoms with E-state index in [1.807, 2.05) is 0 Å². The third-order valence-corrected chi connectivity index (χ3v) is 1.93. The summed E-state index contributed by atoms with van der Waals surface area (Å²) >= 11 is 4.35. The van der Waals surface area contributed by atoms with Gasteiger partial charge in [-0.05, 0) is 11.6 Å². The Kier molecular flexibility index (Phi) is 5.10. The predicted molar refractivity (Wildman–Crippen MR) is 48.5 cm³/mol. The largest absolute Gasteiger partial charge is 0.491 e. The maximum atomic E-state index is 12.3. The molecule has 12 heteroatoms. The monoisotopic (exact) mass is 328 g/mol. The number of carbonyl (C=O) groups excluding carboxylic acids is 2. The Bertz CT molecular complexity index is 337. The molecule has 0 N–H and O–H groups in total. The van der Waals surface area contributed by atoms with Crippen molar-refractivity contribution in [2.45, 2.75) is 24.1 Å². The number of alkyl halides is 6. The summed E-state index contributed by atoms with van der Waals surface area (Å²) in [7, 11) is 0. The third-order valence-electron chi connectivity index (χ3n) is 1.78. The summed E-state index contributed by atoms with van der Waals surface area (Å²) in [5.74, 6) is -4.62. The molecule has 116 valence electrons. The van der Waals surface area contributed by atoms with Crippen LogP contribution in [-0.2, 0) is 28.5 Å². The zero-order valence-electron chi connectivity index (χ0n) is 9.29. The summed E-state index contributed by atoms with van der Waals surface area (Å²) in [4.78, 5) is 21.1. The number of rotatable bonds is 3. The number of hydrogen-bond donors (Lipinski definition) is 0. The van der Waals surface area contributed by atoms with E-state index in [9.17, 15) is 31.5 Å². The Hall–Kier alpha value is -1.20. The standard InChI is InChI=1S/C8H6ClF5O6/c9-7(10,11)5(15)19-3-1-18-4(2-17-3)20-6(16)8(12,13)14/h3-4H,1-2H2. The van der Waals surface area contributed by atoms with Crippen molar-refractivity contribution in [3.8, 4) is 0 Å². The van der Waals surface area contributed by atoms with Crippen LogP contribution in [-0.4, -0.2) is 49.3 Å². The number of halogens is 6. The van der Waals surface area contributed by atoms with Gasteiger partial charge in [0.05, 0.1) is 0 Å². The molecular weight excluding hydrogens is 323 g/mol. The highest BCUT2D eigenvalue weighted by atomic mass is 35.5. The molecule has 0 spiro atoms. The van der Waals surface area contributed by atoms with Gasteiger partial charge in [0.25, 0.3) is 0 Å². The van der Waals surface area contributed by atoms with Gasteiger partial charge < -0.3 is 18.9 Å². The fourth-order valence-corrected chi connectivity index (χ4v) is 1.02. The summed E-state index contributed by atoms with van der Waals surface area (Å²) < 4.78 is 77.0. The van der Waals surface area contributed by atoms with Gasteiger partial charge in [0.2, 0.25) is 12.6 Å². The molecule has 6 nitrogen and oxygen atoms in total. The van der Waals surface area contributed by atoms with Crippen LogP contribution in [0.25, 0.3) is 0 Å². The zero-order valence-corrected chi connectivity index (χ0v) is 10.0. The number of esters is 2. The van der Waals surface area contributed by atoms with Gasteiger partial charge in [0.15, 0.2) is 0 Å². The van der Waals surface area contributed by atoms with E-state index in [1.54, 1.807) is 0 Å². The molecule has 20 heavy (non-hydrogen) atoms. The van der Waals surface area contributed by atoms with Crippen LogP contribution in [0.1, 0.15) is 0 Å². The van der Waals surface area contributed by atoms with Crippen LogP contribution in [0, 0.1) is 0 Å². The smallest absolute Gasteiger partial charge is 0.428 e. The Morgan fingerprint density at radius 3 is 1.65 bits per heavy atom. The van der Waals surface area contributed by atoms with Gasteiger partial charge in [-0.15, -0.1) is 0 Å². The molecular formula is C8H6ClF5O6. The van der Waals surface area contributed by atoms with Crippen molar-refractivity contribution in [2.75, 3.05) is 13.2 Å². The summed E-state index contributed by atoms with van der Waals surface area (Å²) in [6.45, 7) is -1.46. The minimum atomic E-state index is -5.21. The van der Waals surface area contributed by atoms with E-state index in [0.29, 0.717) is 0 Å². The zero-order chi connectivity index (χ0) is 15.6. The Morgan fingerprint density at radius 2 is 1.35 bits per heavy atom. The van der Waals surface area contributed by atoms with Crippen molar-refractivity contribution in [3.63, 3.8) is 0 Å². The molecule has 1 saturated heterocycles. The highest BCUT2D eigenvalue weighted by Crippen LogP contribution is 2.23. The lowest BCUT2D eigenvalue weighted by atomic mass is 10.5. The first kappa shape index (κ1) is 16.9. The number of carbonyl (C=O) groups is 2. The van der Waals surface area contributed by atoms with E-state index >= 15 is 0 Å². The molecule has 0 aromatic carbocycles. The average Bonchev–Trinajstić information content (AvgIpc) is 2.29. The molecule has 0 aromatic rings. The summed E-state index contributed by atoms with van der Waals surface area (Å²) in [6.07, 6.45) is -8.52. The fourth-order valence-electron chi connectivity index (χ4n) is 0.976. The van der Waals surface area contributed by atoms with Gasteiger partial charge >= 0.3 is 23.5 Å². The summed E-state index contributed by atoms with van der Waals surface area (Å²) in [5, 5.41) is -4.27. The number of hydrogen-bond acceptors (Lipinski definition) is 6. The highest BCUT2D eigenvalue weighted by molar-refractivity contribution is 6.31. The molecule has 2 unspecified atom stereocenters. The van der Waals surface area contributed by atoms with Gasteiger partial charge in [-0.25, -0.2) is 9.59 Å². The molecule has 0 radical (unpaired) electrons. The summed E-state index contributed by atoms with van der Waals surface area (Å²) in [5.41, 5.74) is 0. The Balaban J connectivity index is 2.37. The second-order valence-corrected chi connectivity index (χ2v) is 3.81. The molecule has 0 bridgehead atoms. The molecule has 1 heterocycles. The lowest BCUT2D eigenvalue weighted by molar-refractivity contribution is -0.289. The van der Waals surface area contributed by atoms with Crippen LogP contribution in [0.4, 0.5) is 22.0 Å². The quantitative estimate of drug-likeness (QED) is 0.440. The van der Waals surface area contributed by atoms with Crippen LogP contribution in [0.5, 0.6) is 0 Å². The Morgan fingerprint density at radius 1 is 0.950 bits per heavy atom. The van der Waals surface area contributed by atoms with Crippen molar-refractivity contribution in [1.29, 1.82) is 0 Å². The van der Waals surface area contributed by atoms with Gasteiger partial charge in [0, 0.05) is 0 Å². The van der Waals surface area contributed by atoms with E-state index in [4.69, 9.17) is 0 Å². The highest BCUT2D eigenvalue weighted by Gasteiger charge is 2.44. The van der Waals surface area contributed by atoms with Gasteiger partial charge in [-0.2, -0.15) is 22.0 Å². The van der Waals surface area contributed by atoms with E-state index < -0.39 is 49.3 Å². The van der Waals surface area contributed by atoms with Crippen molar-refractivity contribution >= 4 is 23.5 Å². The van der Waals surface area contributed by atoms with E-state index in [0.717, 1.165) is 0 Å². The molecule has 2 atom stereocenters. The van der Waals surface area contributed by atoms with Crippen LogP contribution in [0.3, 0.4) is 0 Å². The molecule has 1 fully saturated rings. The minimum absolute atomic E-state index is 0.714. The lowest BCUT2D eigenvalue weighted by Crippen LogP contribution is -2.43. The molecule has 1 aliphatic rings. The topological polar surface area (TPSA) is 71.1 Å². The molecule has 0 amide bonds. The first-order chi connectivity index (χ1) is 9.00. The van der Waals surface area contributed by atoms with E-state index in [-0.39, 0.29) is 0 Å².